The van der Waals surface area contributed by atoms with Gasteiger partial charge in [0, 0.05) is 17.4 Å². The highest BCUT2D eigenvalue weighted by atomic mass is 16.5. The first-order chi connectivity index (χ1) is 14.9. The minimum Gasteiger partial charge on any atom is -0.508 e. The number of aliphatic carboxylic acids is 1. The molecule has 2 aromatic rings. The van der Waals surface area contributed by atoms with Gasteiger partial charge in [0.25, 0.3) is 0 Å². The van der Waals surface area contributed by atoms with Crippen LogP contribution in [0.1, 0.15) is 67.4 Å². The summed E-state index contributed by atoms with van der Waals surface area (Å²) in [6.07, 6.45) is 9.55. The average Bonchev–Trinajstić information content (AvgIpc) is 3.43. The Kier molecular flexibility index (Phi) is 5.65. The molecule has 0 heterocycles. The van der Waals surface area contributed by atoms with Crippen LogP contribution < -0.4 is 4.74 Å². The Bertz CT molecular complexity index is 1040. The molecule has 2 aliphatic carbocycles. The number of hydrogen-bond acceptors (Lipinski definition) is 3. The number of hydrogen-bond donors (Lipinski definition) is 2. The van der Waals surface area contributed by atoms with E-state index < -0.39 is 5.97 Å². The molecule has 31 heavy (non-hydrogen) atoms. The van der Waals surface area contributed by atoms with Gasteiger partial charge < -0.3 is 14.9 Å². The lowest BCUT2D eigenvalue weighted by atomic mass is 9.76. The van der Waals surface area contributed by atoms with Gasteiger partial charge in [-0.2, -0.15) is 0 Å². The number of fused-ring (bicyclic) bond motifs is 1. The van der Waals surface area contributed by atoms with E-state index in [1.54, 1.807) is 12.1 Å². The summed E-state index contributed by atoms with van der Waals surface area (Å²) in [6.45, 7) is 8.25. The Morgan fingerprint density at radius 2 is 2.10 bits per heavy atom. The maximum atomic E-state index is 11.1. The van der Waals surface area contributed by atoms with Crippen LogP contribution in [0.3, 0.4) is 0 Å². The molecule has 1 fully saturated rings. The van der Waals surface area contributed by atoms with Gasteiger partial charge in [0.1, 0.15) is 17.6 Å². The van der Waals surface area contributed by atoms with E-state index in [0.717, 1.165) is 19.3 Å². The van der Waals surface area contributed by atoms with E-state index in [-0.39, 0.29) is 29.1 Å². The van der Waals surface area contributed by atoms with E-state index in [1.807, 2.05) is 19.1 Å². The summed E-state index contributed by atoms with van der Waals surface area (Å²) in [5.74, 6) is -0.566. The third-order valence-corrected chi connectivity index (χ3v) is 6.72. The van der Waals surface area contributed by atoms with Crippen molar-refractivity contribution in [1.29, 1.82) is 0 Å². The van der Waals surface area contributed by atoms with Crippen LogP contribution in [-0.4, -0.2) is 16.2 Å². The lowest BCUT2D eigenvalue weighted by Crippen LogP contribution is -2.20. The molecule has 0 aliphatic heterocycles. The zero-order valence-corrected chi connectivity index (χ0v) is 18.2. The molecule has 2 N–H and O–H groups in total. The van der Waals surface area contributed by atoms with Crippen molar-refractivity contribution in [2.75, 3.05) is 0 Å². The number of benzene rings is 2. The fourth-order valence-corrected chi connectivity index (χ4v) is 5.10. The van der Waals surface area contributed by atoms with Gasteiger partial charge in [-0.3, -0.25) is 4.79 Å². The zero-order valence-electron chi connectivity index (χ0n) is 18.2. The lowest BCUT2D eigenvalue weighted by Gasteiger charge is -2.28. The summed E-state index contributed by atoms with van der Waals surface area (Å²) in [4.78, 5) is 11.1. The van der Waals surface area contributed by atoms with Gasteiger partial charge in [-0.1, -0.05) is 49.4 Å². The summed E-state index contributed by atoms with van der Waals surface area (Å²) in [7, 11) is 0. The number of carboxylic acid groups (broad SMARTS) is 1. The van der Waals surface area contributed by atoms with E-state index >= 15 is 0 Å². The molecular formula is C27H30O4. The van der Waals surface area contributed by atoms with Crippen LogP contribution in [0.2, 0.25) is 0 Å². The van der Waals surface area contributed by atoms with Crippen LogP contribution in [0, 0.1) is 5.92 Å². The third-order valence-electron chi connectivity index (χ3n) is 6.72. The molecule has 1 saturated carbocycles. The molecule has 4 heteroatoms. The monoisotopic (exact) mass is 418 g/mol. The van der Waals surface area contributed by atoms with Gasteiger partial charge in [0.2, 0.25) is 0 Å². The molecule has 4 unspecified atom stereocenters. The van der Waals surface area contributed by atoms with Crippen LogP contribution in [0.4, 0.5) is 0 Å². The number of carboxylic acids is 1. The number of aromatic hydroxyl groups is 1. The Labute approximate surface area is 183 Å². The predicted molar refractivity (Wildman–Crippen MR) is 122 cm³/mol. The first kappa shape index (κ1) is 21.2. The molecule has 2 aliphatic rings. The third kappa shape index (κ3) is 3.99. The van der Waals surface area contributed by atoms with Gasteiger partial charge in [-0.15, -0.1) is 6.58 Å². The molecule has 0 radical (unpaired) electrons. The Hall–Kier alpha value is -3.01. The second kappa shape index (κ2) is 8.26. The molecule has 2 aromatic carbocycles. The summed E-state index contributed by atoms with van der Waals surface area (Å²) in [6, 6.07) is 11.7. The highest BCUT2D eigenvalue weighted by molar-refractivity contribution is 5.75. The summed E-state index contributed by atoms with van der Waals surface area (Å²) in [5.41, 5.74) is 4.47. The summed E-state index contributed by atoms with van der Waals surface area (Å²) < 4.78 is 6.29. The van der Waals surface area contributed by atoms with Crippen molar-refractivity contribution in [3.63, 3.8) is 0 Å². The van der Waals surface area contributed by atoms with E-state index in [2.05, 4.69) is 43.9 Å². The van der Waals surface area contributed by atoms with Crippen LogP contribution in [0.15, 0.2) is 61.2 Å². The number of phenols is 1. The van der Waals surface area contributed by atoms with E-state index in [4.69, 9.17) is 9.84 Å². The topological polar surface area (TPSA) is 66.8 Å². The maximum Gasteiger partial charge on any atom is 0.307 e. The second-order valence-electron chi connectivity index (χ2n) is 8.94. The van der Waals surface area contributed by atoms with Crippen LogP contribution in [0.5, 0.6) is 11.5 Å². The van der Waals surface area contributed by atoms with E-state index in [9.17, 15) is 9.90 Å². The van der Waals surface area contributed by atoms with Crippen LogP contribution >= 0.6 is 0 Å². The molecular weight excluding hydrogens is 388 g/mol. The predicted octanol–water partition coefficient (Wildman–Crippen LogP) is 6.06. The molecule has 4 atom stereocenters. The number of allylic oxidation sites excluding steroid dienone is 3. The minimum atomic E-state index is -0.801. The molecule has 4 nitrogen and oxygen atoms in total. The zero-order chi connectivity index (χ0) is 22.2. The first-order valence-electron chi connectivity index (χ1n) is 11.0. The van der Waals surface area contributed by atoms with E-state index in [1.165, 1.54) is 16.7 Å². The lowest BCUT2D eigenvalue weighted by molar-refractivity contribution is -0.138. The Morgan fingerprint density at radius 3 is 2.74 bits per heavy atom. The van der Waals surface area contributed by atoms with Gasteiger partial charge in [-0.25, -0.2) is 0 Å². The Balaban J connectivity index is 1.56. The van der Waals surface area contributed by atoms with Crippen molar-refractivity contribution in [2.24, 2.45) is 5.92 Å². The van der Waals surface area contributed by atoms with Crippen molar-refractivity contribution in [3.05, 3.63) is 83.5 Å². The van der Waals surface area contributed by atoms with Gasteiger partial charge >= 0.3 is 5.97 Å². The van der Waals surface area contributed by atoms with Crippen LogP contribution in [-0.2, 0) is 16.6 Å². The number of carbonyl (C=O) groups is 1. The van der Waals surface area contributed by atoms with Crippen molar-refractivity contribution < 1.29 is 19.7 Å². The van der Waals surface area contributed by atoms with E-state index in [0.29, 0.717) is 17.7 Å². The minimum absolute atomic E-state index is 0.0634. The summed E-state index contributed by atoms with van der Waals surface area (Å²) >= 11 is 0. The maximum absolute atomic E-state index is 11.1. The second-order valence-corrected chi connectivity index (χ2v) is 8.94. The van der Waals surface area contributed by atoms with Crippen molar-refractivity contribution in [2.45, 2.75) is 57.0 Å². The fraction of sp³-hybridized carbons (Fsp3) is 0.370. The molecule has 0 spiro atoms. The van der Waals surface area contributed by atoms with Gasteiger partial charge in [-0.05, 0) is 60.9 Å². The Morgan fingerprint density at radius 1 is 1.29 bits per heavy atom. The quantitative estimate of drug-likeness (QED) is 0.512. The van der Waals surface area contributed by atoms with Crippen molar-refractivity contribution in [3.8, 4) is 11.5 Å². The number of ether oxygens (including phenoxy) is 1. The molecule has 0 saturated heterocycles. The smallest absolute Gasteiger partial charge is 0.307 e. The summed E-state index contributed by atoms with van der Waals surface area (Å²) in [5, 5.41) is 19.6. The fourth-order valence-electron chi connectivity index (χ4n) is 5.10. The first-order valence-corrected chi connectivity index (χ1v) is 11.0. The number of phenolic OH excluding ortho intramolecular Hbond substituents is 1. The van der Waals surface area contributed by atoms with Crippen molar-refractivity contribution in [1.82, 2.24) is 0 Å². The molecule has 162 valence electrons. The molecule has 0 bridgehead atoms. The van der Waals surface area contributed by atoms with Gasteiger partial charge in [0.05, 0.1) is 5.92 Å². The largest absolute Gasteiger partial charge is 0.508 e. The van der Waals surface area contributed by atoms with Gasteiger partial charge in [0.15, 0.2) is 0 Å². The SMILES string of the molecule is C=CCC(C)(C=CC)c1cccc2c1CCC2Oc1ccc(C2CC2C(=O)O)c(O)c1. The molecule has 0 amide bonds. The molecule has 4 rings (SSSR count). The van der Waals surface area contributed by atoms with Crippen LogP contribution in [0.25, 0.3) is 0 Å². The highest BCUT2D eigenvalue weighted by Crippen LogP contribution is 2.51. The number of rotatable bonds is 8. The normalized spacial score (nSPS) is 23.9. The highest BCUT2D eigenvalue weighted by Gasteiger charge is 2.45. The standard InChI is InChI=1S/C27H30O4/c1-4-13-27(3,14-5-2)23-8-6-7-20-18(23)11-12-25(20)31-17-9-10-19(24(28)15-17)21-16-22(21)26(29)30/h4-10,14-15,21-22,25,28H,1,11-13,16H2,2-3H3,(H,29,30). The molecule has 0 aromatic heterocycles. The average molecular weight is 419 g/mol. The van der Waals surface area contributed by atoms with Crippen molar-refractivity contribution >= 4 is 5.97 Å².